The van der Waals surface area contributed by atoms with Gasteiger partial charge in [0.25, 0.3) is 5.56 Å². The van der Waals surface area contributed by atoms with Gasteiger partial charge in [0.15, 0.2) is 0 Å². The van der Waals surface area contributed by atoms with Gasteiger partial charge in [0, 0.05) is 11.0 Å². The van der Waals surface area contributed by atoms with E-state index in [4.69, 9.17) is 10.8 Å². The molecule has 1 fully saturated rings. The number of aromatic nitrogens is 2. The molecule has 148 valence electrons. The zero-order valence-electron chi connectivity index (χ0n) is 16.7. The van der Waals surface area contributed by atoms with Crippen LogP contribution in [0.4, 0.5) is 5.95 Å². The van der Waals surface area contributed by atoms with Crippen molar-refractivity contribution in [2.75, 3.05) is 5.43 Å². The summed E-state index contributed by atoms with van der Waals surface area (Å²) in [6.07, 6.45) is 6.53. The molecule has 29 heavy (non-hydrogen) atoms. The highest BCUT2D eigenvalue weighted by atomic mass is 16.1. The van der Waals surface area contributed by atoms with Crippen molar-refractivity contribution in [2.45, 2.75) is 50.9 Å². The molecule has 0 saturated heterocycles. The van der Waals surface area contributed by atoms with Gasteiger partial charge in [0.2, 0.25) is 5.95 Å². The van der Waals surface area contributed by atoms with Crippen molar-refractivity contribution in [3.8, 4) is 16.9 Å². The van der Waals surface area contributed by atoms with E-state index in [0.717, 1.165) is 60.2 Å². The number of hydrazine groups is 1. The number of nitrogens with two attached hydrogens (primary N) is 1. The van der Waals surface area contributed by atoms with E-state index in [1.54, 1.807) is 4.57 Å². The molecular weight excluding hydrogens is 360 g/mol. The van der Waals surface area contributed by atoms with Crippen LogP contribution in [0.3, 0.4) is 0 Å². The first-order valence-electron chi connectivity index (χ1n) is 10.4. The molecule has 1 aromatic heterocycles. The molecule has 5 nitrogen and oxygen atoms in total. The summed E-state index contributed by atoms with van der Waals surface area (Å²) in [4.78, 5) is 18.9. The quantitative estimate of drug-likeness (QED) is 0.510. The monoisotopic (exact) mass is 386 g/mol. The number of aryl methyl sites for hydroxylation is 1. The van der Waals surface area contributed by atoms with E-state index in [1.165, 1.54) is 12.0 Å². The van der Waals surface area contributed by atoms with Crippen molar-refractivity contribution in [1.82, 2.24) is 9.55 Å². The maximum absolute atomic E-state index is 14.0. The highest BCUT2D eigenvalue weighted by Gasteiger charge is 2.43. The standard InChI is InChI=1S/C24H26N4O/c1-16-9-11-18(12-10-16)28-22(29)20-21(26-23(28)27-25)19-8-4-3-7-17(19)15-24(20)13-5-2-6-14-24/h3-4,7-12H,2,5-6,13-15,25H2,1H3,(H,26,27). The van der Waals surface area contributed by atoms with E-state index in [2.05, 4.69) is 23.6 Å². The molecule has 2 aromatic carbocycles. The third-order valence-electron chi connectivity index (χ3n) is 6.65. The highest BCUT2D eigenvalue weighted by Crippen LogP contribution is 2.48. The molecule has 2 aliphatic rings. The number of nitrogens with one attached hydrogen (secondary N) is 1. The van der Waals surface area contributed by atoms with Gasteiger partial charge in [-0.2, -0.15) is 0 Å². The zero-order chi connectivity index (χ0) is 20.0. The second-order valence-electron chi connectivity index (χ2n) is 8.45. The predicted molar refractivity (Wildman–Crippen MR) is 116 cm³/mol. The first-order valence-corrected chi connectivity index (χ1v) is 10.4. The molecule has 3 aromatic rings. The molecule has 0 bridgehead atoms. The van der Waals surface area contributed by atoms with Crippen LogP contribution in [0, 0.1) is 6.92 Å². The van der Waals surface area contributed by atoms with Crippen molar-refractivity contribution in [2.24, 2.45) is 5.84 Å². The average Bonchev–Trinajstić information content (AvgIpc) is 2.75. The molecule has 1 heterocycles. The fourth-order valence-corrected chi connectivity index (χ4v) is 5.24. The normalized spacial score (nSPS) is 16.9. The predicted octanol–water partition coefficient (Wildman–Crippen LogP) is 4.25. The number of nitrogen functional groups attached to an aromatic ring is 1. The van der Waals surface area contributed by atoms with Gasteiger partial charge in [-0.3, -0.25) is 10.2 Å². The Morgan fingerprint density at radius 1 is 1.03 bits per heavy atom. The van der Waals surface area contributed by atoms with E-state index in [1.807, 2.05) is 37.3 Å². The molecule has 1 spiro atoms. The van der Waals surface area contributed by atoms with E-state index < -0.39 is 0 Å². The van der Waals surface area contributed by atoms with Crippen LogP contribution in [-0.2, 0) is 11.8 Å². The van der Waals surface area contributed by atoms with Gasteiger partial charge in [-0.1, -0.05) is 61.2 Å². The lowest BCUT2D eigenvalue weighted by molar-refractivity contribution is 0.284. The van der Waals surface area contributed by atoms with E-state index >= 15 is 0 Å². The minimum Gasteiger partial charge on any atom is -0.293 e. The molecule has 5 heteroatoms. The van der Waals surface area contributed by atoms with E-state index in [0.29, 0.717) is 5.95 Å². The zero-order valence-corrected chi connectivity index (χ0v) is 16.7. The van der Waals surface area contributed by atoms with Gasteiger partial charge in [0.1, 0.15) is 0 Å². The Balaban J connectivity index is 1.84. The van der Waals surface area contributed by atoms with Gasteiger partial charge >= 0.3 is 0 Å². The molecule has 0 atom stereocenters. The van der Waals surface area contributed by atoms with Crippen LogP contribution in [0.1, 0.15) is 48.8 Å². The Morgan fingerprint density at radius 3 is 2.48 bits per heavy atom. The van der Waals surface area contributed by atoms with Gasteiger partial charge in [-0.05, 0) is 43.9 Å². The number of fused-ring (bicyclic) bond motifs is 4. The molecule has 0 amide bonds. The van der Waals surface area contributed by atoms with Crippen molar-refractivity contribution in [3.05, 3.63) is 75.6 Å². The second-order valence-corrected chi connectivity index (χ2v) is 8.45. The third-order valence-corrected chi connectivity index (χ3v) is 6.65. The second kappa shape index (κ2) is 6.85. The first-order chi connectivity index (χ1) is 14.1. The Hall–Kier alpha value is -2.92. The maximum atomic E-state index is 14.0. The molecule has 0 radical (unpaired) electrons. The van der Waals surface area contributed by atoms with Gasteiger partial charge in [-0.25, -0.2) is 15.4 Å². The summed E-state index contributed by atoms with van der Waals surface area (Å²) in [5.74, 6) is 6.21. The van der Waals surface area contributed by atoms with Crippen LogP contribution in [-0.4, -0.2) is 9.55 Å². The molecule has 5 rings (SSSR count). The molecular formula is C24H26N4O. The maximum Gasteiger partial charge on any atom is 0.263 e. The van der Waals surface area contributed by atoms with Crippen LogP contribution < -0.4 is 16.8 Å². The number of benzene rings is 2. The lowest BCUT2D eigenvalue weighted by Crippen LogP contribution is -2.43. The number of hydrogen-bond donors (Lipinski definition) is 2. The van der Waals surface area contributed by atoms with Crippen LogP contribution in [0.15, 0.2) is 53.3 Å². The molecule has 2 aliphatic carbocycles. The molecule has 3 N–H and O–H groups in total. The van der Waals surface area contributed by atoms with Crippen molar-refractivity contribution < 1.29 is 0 Å². The van der Waals surface area contributed by atoms with E-state index in [-0.39, 0.29) is 11.0 Å². The van der Waals surface area contributed by atoms with Crippen LogP contribution in [0.5, 0.6) is 0 Å². The van der Waals surface area contributed by atoms with Crippen LogP contribution in [0.25, 0.3) is 16.9 Å². The smallest absolute Gasteiger partial charge is 0.263 e. The number of anilines is 1. The van der Waals surface area contributed by atoms with Crippen molar-refractivity contribution in [3.63, 3.8) is 0 Å². The summed E-state index contributed by atoms with van der Waals surface area (Å²) >= 11 is 0. The number of nitrogens with zero attached hydrogens (tertiary/aromatic N) is 2. The van der Waals surface area contributed by atoms with Crippen molar-refractivity contribution in [1.29, 1.82) is 0 Å². The van der Waals surface area contributed by atoms with Gasteiger partial charge in [-0.15, -0.1) is 0 Å². The summed E-state index contributed by atoms with van der Waals surface area (Å²) in [6.45, 7) is 2.04. The lowest BCUT2D eigenvalue weighted by atomic mass is 9.62. The van der Waals surface area contributed by atoms with E-state index in [9.17, 15) is 4.79 Å². The fourth-order valence-electron chi connectivity index (χ4n) is 5.24. The van der Waals surface area contributed by atoms with Gasteiger partial charge < -0.3 is 0 Å². The topological polar surface area (TPSA) is 72.9 Å². The Morgan fingerprint density at radius 2 is 1.76 bits per heavy atom. The summed E-state index contributed by atoms with van der Waals surface area (Å²) in [7, 11) is 0. The van der Waals surface area contributed by atoms with Crippen LogP contribution >= 0.6 is 0 Å². The SMILES string of the molecule is Cc1ccc(-n2c(NN)nc3c(c2=O)C2(CCCCC2)Cc2ccccc2-3)cc1. The minimum atomic E-state index is -0.133. The minimum absolute atomic E-state index is 0.00297. The number of rotatable bonds is 2. The summed E-state index contributed by atoms with van der Waals surface area (Å²) in [5, 5.41) is 0. The Bertz CT molecular complexity index is 1120. The molecule has 0 aliphatic heterocycles. The molecule has 1 saturated carbocycles. The van der Waals surface area contributed by atoms with Gasteiger partial charge in [0.05, 0.1) is 16.9 Å². The largest absolute Gasteiger partial charge is 0.293 e. The fraction of sp³-hybridized carbons (Fsp3) is 0.333. The third kappa shape index (κ3) is 2.80. The summed E-state index contributed by atoms with van der Waals surface area (Å²) < 4.78 is 1.64. The Kier molecular flexibility index (Phi) is 4.28. The summed E-state index contributed by atoms with van der Waals surface area (Å²) in [5.41, 5.74) is 8.49. The average molecular weight is 386 g/mol. The first kappa shape index (κ1) is 18.1. The van der Waals surface area contributed by atoms with Crippen molar-refractivity contribution >= 4 is 5.95 Å². The highest BCUT2D eigenvalue weighted by molar-refractivity contribution is 5.73. The Labute approximate surface area is 170 Å². The number of hydrogen-bond acceptors (Lipinski definition) is 4. The van der Waals surface area contributed by atoms with Crippen LogP contribution in [0.2, 0.25) is 0 Å². The lowest BCUT2D eigenvalue weighted by Gasteiger charge is -2.42. The summed E-state index contributed by atoms with van der Waals surface area (Å²) in [6, 6.07) is 16.3. The molecule has 0 unspecified atom stereocenters.